The molecule has 1 saturated heterocycles. The summed E-state index contributed by atoms with van der Waals surface area (Å²) >= 11 is 6.10. The lowest BCUT2D eigenvalue weighted by Crippen LogP contribution is -2.32. The summed E-state index contributed by atoms with van der Waals surface area (Å²) in [5.41, 5.74) is 3.19. The second kappa shape index (κ2) is 7.79. The van der Waals surface area contributed by atoms with E-state index in [9.17, 15) is 9.59 Å². The van der Waals surface area contributed by atoms with Crippen molar-refractivity contribution < 1.29 is 9.59 Å². The number of benzene rings is 2. The van der Waals surface area contributed by atoms with E-state index in [0.29, 0.717) is 17.1 Å². The van der Waals surface area contributed by atoms with Crippen molar-refractivity contribution in [3.63, 3.8) is 0 Å². The van der Waals surface area contributed by atoms with Gasteiger partial charge in [0.25, 0.3) is 0 Å². The molecule has 0 radical (unpaired) electrons. The van der Waals surface area contributed by atoms with Crippen LogP contribution in [0.1, 0.15) is 25.3 Å². The average molecular weight is 372 g/mol. The number of carbonyl (C=O) groups is 2. The Balaban J connectivity index is 1.67. The molecule has 3 rings (SSSR count). The predicted octanol–water partition coefficient (Wildman–Crippen LogP) is 4.21. The van der Waals surface area contributed by atoms with Gasteiger partial charge >= 0.3 is 0 Å². The van der Waals surface area contributed by atoms with E-state index >= 15 is 0 Å². The van der Waals surface area contributed by atoms with Crippen LogP contribution in [0.15, 0.2) is 42.5 Å². The fraction of sp³-hybridized carbons (Fsp3) is 0.300. The molecule has 0 bridgehead atoms. The van der Waals surface area contributed by atoms with Crippen LogP contribution in [0.4, 0.5) is 17.1 Å². The van der Waals surface area contributed by atoms with Gasteiger partial charge in [0.2, 0.25) is 11.8 Å². The second-order valence-corrected chi connectivity index (χ2v) is 6.87. The van der Waals surface area contributed by atoms with Gasteiger partial charge in [-0.1, -0.05) is 23.7 Å². The van der Waals surface area contributed by atoms with Crippen molar-refractivity contribution in [1.82, 2.24) is 0 Å². The van der Waals surface area contributed by atoms with E-state index in [1.54, 1.807) is 24.0 Å². The zero-order valence-electron chi connectivity index (χ0n) is 14.9. The summed E-state index contributed by atoms with van der Waals surface area (Å²) in [7, 11) is 0. The monoisotopic (exact) mass is 371 g/mol. The molecule has 0 spiro atoms. The van der Waals surface area contributed by atoms with Crippen LogP contribution in [0.5, 0.6) is 0 Å². The Morgan fingerprint density at radius 1 is 1.23 bits per heavy atom. The molecule has 1 aliphatic rings. The molecule has 5 nitrogen and oxygen atoms in total. The van der Waals surface area contributed by atoms with Crippen molar-refractivity contribution in [3.05, 3.63) is 53.1 Å². The first-order chi connectivity index (χ1) is 12.5. The van der Waals surface area contributed by atoms with E-state index in [-0.39, 0.29) is 11.8 Å². The highest BCUT2D eigenvalue weighted by molar-refractivity contribution is 6.31. The standard InChI is InChI=1S/C20H22ClN3O2/c1-13-17(21)8-4-9-18(13)23-20(26)14(2)22-15-6-3-7-16(12-15)24-11-5-10-19(24)25/h3-4,6-9,12,14,22H,5,10-11H2,1-2H3,(H,23,26). The number of nitrogens with one attached hydrogen (secondary N) is 2. The summed E-state index contributed by atoms with van der Waals surface area (Å²) < 4.78 is 0. The van der Waals surface area contributed by atoms with E-state index in [0.717, 1.165) is 29.9 Å². The Morgan fingerprint density at radius 3 is 2.73 bits per heavy atom. The third-order valence-electron chi connectivity index (χ3n) is 4.53. The summed E-state index contributed by atoms with van der Waals surface area (Å²) in [4.78, 5) is 26.2. The first-order valence-corrected chi connectivity index (χ1v) is 9.06. The normalized spacial score (nSPS) is 15.0. The van der Waals surface area contributed by atoms with E-state index in [1.807, 2.05) is 37.3 Å². The van der Waals surface area contributed by atoms with Crippen molar-refractivity contribution in [2.75, 3.05) is 22.1 Å². The Kier molecular flexibility index (Phi) is 5.47. The molecular formula is C20H22ClN3O2. The van der Waals surface area contributed by atoms with Crippen LogP contribution in [0.2, 0.25) is 5.02 Å². The van der Waals surface area contributed by atoms with Crippen LogP contribution in [0.25, 0.3) is 0 Å². The minimum atomic E-state index is -0.446. The largest absolute Gasteiger partial charge is 0.374 e. The maximum Gasteiger partial charge on any atom is 0.246 e. The van der Waals surface area contributed by atoms with Crippen LogP contribution in [-0.4, -0.2) is 24.4 Å². The molecule has 2 aromatic rings. The number of nitrogens with zero attached hydrogens (tertiary/aromatic N) is 1. The van der Waals surface area contributed by atoms with Crippen molar-refractivity contribution >= 4 is 40.5 Å². The van der Waals surface area contributed by atoms with Gasteiger partial charge in [-0.2, -0.15) is 0 Å². The first kappa shape index (κ1) is 18.3. The number of rotatable bonds is 5. The van der Waals surface area contributed by atoms with Crippen molar-refractivity contribution in [2.24, 2.45) is 0 Å². The maximum absolute atomic E-state index is 12.5. The predicted molar refractivity (Wildman–Crippen MR) is 106 cm³/mol. The third kappa shape index (κ3) is 3.99. The minimum Gasteiger partial charge on any atom is -0.374 e. The summed E-state index contributed by atoms with van der Waals surface area (Å²) in [5, 5.41) is 6.71. The lowest BCUT2D eigenvalue weighted by Gasteiger charge is -2.19. The van der Waals surface area contributed by atoms with E-state index in [4.69, 9.17) is 11.6 Å². The molecule has 1 atom stereocenters. The Labute approximate surface area is 158 Å². The van der Waals surface area contributed by atoms with Gasteiger partial charge in [-0.05, 0) is 56.2 Å². The fourth-order valence-electron chi connectivity index (χ4n) is 2.98. The molecule has 0 saturated carbocycles. The average Bonchev–Trinajstić information content (AvgIpc) is 3.05. The molecule has 1 heterocycles. The molecule has 2 N–H and O–H groups in total. The molecule has 0 aromatic heterocycles. The van der Waals surface area contributed by atoms with Crippen LogP contribution in [-0.2, 0) is 9.59 Å². The molecule has 1 fully saturated rings. The molecular weight excluding hydrogens is 350 g/mol. The number of anilines is 3. The van der Waals surface area contributed by atoms with Gasteiger partial charge < -0.3 is 15.5 Å². The topological polar surface area (TPSA) is 61.4 Å². The summed E-state index contributed by atoms with van der Waals surface area (Å²) in [6, 6.07) is 12.6. The van der Waals surface area contributed by atoms with Crippen molar-refractivity contribution in [3.8, 4) is 0 Å². The number of amides is 2. The van der Waals surface area contributed by atoms with E-state index in [1.165, 1.54) is 0 Å². The van der Waals surface area contributed by atoms with Gasteiger partial charge in [0.15, 0.2) is 0 Å². The third-order valence-corrected chi connectivity index (χ3v) is 4.94. The SMILES string of the molecule is Cc1c(Cl)cccc1NC(=O)C(C)Nc1cccc(N2CCCC2=O)c1. The first-order valence-electron chi connectivity index (χ1n) is 8.68. The van der Waals surface area contributed by atoms with E-state index < -0.39 is 6.04 Å². The molecule has 6 heteroatoms. The van der Waals surface area contributed by atoms with Gasteiger partial charge in [-0.25, -0.2) is 0 Å². The fourth-order valence-corrected chi connectivity index (χ4v) is 3.16. The Morgan fingerprint density at radius 2 is 2.00 bits per heavy atom. The van der Waals surface area contributed by atoms with Gasteiger partial charge in [0, 0.05) is 35.1 Å². The van der Waals surface area contributed by atoms with Crippen LogP contribution in [0, 0.1) is 6.92 Å². The Hall–Kier alpha value is -2.53. The zero-order chi connectivity index (χ0) is 18.7. The highest BCUT2D eigenvalue weighted by Crippen LogP contribution is 2.25. The number of halogens is 1. The van der Waals surface area contributed by atoms with Crippen LogP contribution < -0.4 is 15.5 Å². The summed E-state index contributed by atoms with van der Waals surface area (Å²) in [6.07, 6.45) is 1.48. The molecule has 2 aromatic carbocycles. The lowest BCUT2D eigenvalue weighted by molar-refractivity contribution is -0.117. The molecule has 1 unspecified atom stereocenters. The highest BCUT2D eigenvalue weighted by Gasteiger charge is 2.22. The zero-order valence-corrected chi connectivity index (χ0v) is 15.6. The number of carbonyl (C=O) groups excluding carboxylic acids is 2. The highest BCUT2D eigenvalue weighted by atomic mass is 35.5. The van der Waals surface area contributed by atoms with Crippen molar-refractivity contribution in [1.29, 1.82) is 0 Å². The summed E-state index contributed by atoms with van der Waals surface area (Å²) in [5.74, 6) is -0.0117. The minimum absolute atomic E-state index is 0.143. The smallest absolute Gasteiger partial charge is 0.246 e. The summed E-state index contributed by atoms with van der Waals surface area (Å²) in [6.45, 7) is 4.40. The number of hydrogen-bond donors (Lipinski definition) is 2. The Bertz CT molecular complexity index is 838. The molecule has 136 valence electrons. The quantitative estimate of drug-likeness (QED) is 0.827. The lowest BCUT2D eigenvalue weighted by atomic mass is 10.2. The molecule has 2 amide bonds. The second-order valence-electron chi connectivity index (χ2n) is 6.47. The van der Waals surface area contributed by atoms with Gasteiger partial charge in [-0.15, -0.1) is 0 Å². The van der Waals surface area contributed by atoms with Crippen LogP contribution >= 0.6 is 11.6 Å². The van der Waals surface area contributed by atoms with E-state index in [2.05, 4.69) is 10.6 Å². The molecule has 0 aliphatic carbocycles. The molecule has 26 heavy (non-hydrogen) atoms. The van der Waals surface area contributed by atoms with Gasteiger partial charge in [0.05, 0.1) is 0 Å². The van der Waals surface area contributed by atoms with Crippen molar-refractivity contribution in [2.45, 2.75) is 32.7 Å². The van der Waals surface area contributed by atoms with Gasteiger partial charge in [0.1, 0.15) is 6.04 Å². The van der Waals surface area contributed by atoms with Gasteiger partial charge in [-0.3, -0.25) is 9.59 Å². The maximum atomic E-state index is 12.5. The molecule has 1 aliphatic heterocycles. The number of hydrogen-bond acceptors (Lipinski definition) is 3. The van der Waals surface area contributed by atoms with Crippen LogP contribution in [0.3, 0.4) is 0 Å².